The van der Waals surface area contributed by atoms with E-state index in [1.807, 2.05) is 0 Å². The third kappa shape index (κ3) is 10.9. The van der Waals surface area contributed by atoms with Crippen molar-refractivity contribution in [1.29, 1.82) is 0 Å². The van der Waals surface area contributed by atoms with Crippen molar-refractivity contribution in [1.82, 2.24) is 30.6 Å². The summed E-state index contributed by atoms with van der Waals surface area (Å²) in [5.41, 5.74) is 1.42. The van der Waals surface area contributed by atoms with Gasteiger partial charge in [-0.25, -0.2) is 19.6 Å². The van der Waals surface area contributed by atoms with Crippen LogP contribution in [0.25, 0.3) is 0 Å². The van der Waals surface area contributed by atoms with Gasteiger partial charge in [0.25, 0.3) is 11.8 Å². The number of ether oxygens (including phenoxy) is 6. The fourth-order valence-electron chi connectivity index (χ4n) is 4.92. The van der Waals surface area contributed by atoms with Gasteiger partial charge < -0.3 is 59.2 Å². The van der Waals surface area contributed by atoms with Crippen LogP contribution in [0.2, 0.25) is 0 Å². The maximum Gasteiger partial charge on any atom is 0.326 e. The van der Waals surface area contributed by atoms with Gasteiger partial charge in [0, 0.05) is 47.8 Å². The van der Waals surface area contributed by atoms with Crippen LogP contribution in [0, 0.1) is 0 Å². The number of imidazole rings is 2. The van der Waals surface area contributed by atoms with E-state index in [9.17, 15) is 29.4 Å². The minimum absolute atomic E-state index is 0.0142. The zero-order valence-corrected chi connectivity index (χ0v) is 27.9. The maximum absolute atomic E-state index is 13.0. The molecule has 2 amide bonds. The number of hydrogen-bond acceptors (Lipinski definition) is 12. The molecule has 0 unspecified atom stereocenters. The molecule has 2 aromatic heterocycles. The van der Waals surface area contributed by atoms with Gasteiger partial charge in [0.1, 0.15) is 38.5 Å². The van der Waals surface area contributed by atoms with Crippen LogP contribution in [0.15, 0.2) is 61.4 Å². The molecule has 18 heteroatoms. The number of nitrogens with zero attached hydrogens (tertiary/aromatic N) is 2. The molecule has 0 aliphatic carbocycles. The van der Waals surface area contributed by atoms with Crippen LogP contribution in [0.4, 0.5) is 0 Å². The SMILES string of the molecule is O=C(N[C@@H](Cc1cnc[nH]1)C(=O)O)c1ccc2c(c1)OCCOCCOc1cc(C(=O)N[C@@H](Cc3cnc[nH]3)C(=O)O)ccc1OCCOCCO2. The highest BCUT2D eigenvalue weighted by Gasteiger charge is 2.24. The molecule has 0 spiro atoms. The predicted molar refractivity (Wildman–Crippen MR) is 179 cm³/mol. The molecule has 0 saturated carbocycles. The highest BCUT2D eigenvalue weighted by atomic mass is 16.6. The summed E-state index contributed by atoms with van der Waals surface area (Å²) in [7, 11) is 0. The van der Waals surface area contributed by atoms with Crippen molar-refractivity contribution in [2.75, 3.05) is 52.9 Å². The van der Waals surface area contributed by atoms with E-state index in [4.69, 9.17) is 28.4 Å². The average Bonchev–Trinajstić information content (AvgIpc) is 3.85. The summed E-state index contributed by atoms with van der Waals surface area (Å²) >= 11 is 0. The molecule has 1 aliphatic heterocycles. The number of aromatic nitrogens is 4. The van der Waals surface area contributed by atoms with Crippen molar-refractivity contribution in [3.63, 3.8) is 0 Å². The molecule has 4 aromatic rings. The summed E-state index contributed by atoms with van der Waals surface area (Å²) in [6, 6.07) is 6.62. The predicted octanol–water partition coefficient (Wildman–Crippen LogP) is 1.25. The molecule has 0 saturated heterocycles. The molecule has 2 aromatic carbocycles. The van der Waals surface area contributed by atoms with Crippen LogP contribution in [0.3, 0.4) is 0 Å². The standard InChI is InChI=1S/C34H38N6O12/c41-31(39-25(33(43)44)15-23-17-35-19-37-23)21-1-3-27-29(13-21)51-11-7-48-8-12-52-30-14-22(2-4-28(30)50-10-6-47-5-9-49-27)32(42)40-26(34(45)46)16-24-18-36-20-38-24/h1-4,13-14,17-20,25-26H,5-12,15-16H2,(H,35,37)(H,36,38)(H,39,41)(H,40,42)(H,43,44)(H,45,46)/t25-,26-/m0/s1. The van der Waals surface area contributed by atoms with Crippen LogP contribution in [-0.4, -0.2) is 119 Å². The van der Waals surface area contributed by atoms with E-state index >= 15 is 0 Å². The first-order valence-corrected chi connectivity index (χ1v) is 16.2. The van der Waals surface area contributed by atoms with E-state index in [1.165, 1.54) is 49.3 Å². The summed E-state index contributed by atoms with van der Waals surface area (Å²) in [6.45, 7) is 1.06. The Balaban J connectivity index is 1.19. The third-order valence-corrected chi connectivity index (χ3v) is 7.52. The molecule has 6 N–H and O–H groups in total. The van der Waals surface area contributed by atoms with Crippen molar-refractivity contribution < 1.29 is 57.8 Å². The van der Waals surface area contributed by atoms with Crippen molar-refractivity contribution in [3.05, 3.63) is 84.0 Å². The minimum atomic E-state index is -1.20. The number of amides is 2. The maximum atomic E-state index is 13.0. The van der Waals surface area contributed by atoms with Crippen LogP contribution in [0.1, 0.15) is 32.1 Å². The van der Waals surface area contributed by atoms with Crippen molar-refractivity contribution in [2.45, 2.75) is 24.9 Å². The van der Waals surface area contributed by atoms with Crippen molar-refractivity contribution in [2.24, 2.45) is 0 Å². The summed E-state index contributed by atoms with van der Waals surface area (Å²) in [5, 5.41) is 24.3. The number of aromatic amines is 2. The molecular weight excluding hydrogens is 684 g/mol. The van der Waals surface area contributed by atoms with Gasteiger partial charge in [-0.1, -0.05) is 0 Å². The zero-order chi connectivity index (χ0) is 36.7. The molecule has 18 nitrogen and oxygen atoms in total. The lowest BCUT2D eigenvalue weighted by molar-refractivity contribution is -0.140. The molecule has 0 bridgehead atoms. The van der Waals surface area contributed by atoms with Gasteiger partial charge in [-0.15, -0.1) is 0 Å². The first kappa shape index (κ1) is 37.1. The summed E-state index contributed by atoms with van der Waals surface area (Å²) in [6.07, 6.45) is 5.84. The summed E-state index contributed by atoms with van der Waals surface area (Å²) in [4.78, 5) is 63.1. The van der Waals surface area contributed by atoms with E-state index < -0.39 is 35.8 Å². The number of carboxylic acid groups (broad SMARTS) is 2. The van der Waals surface area contributed by atoms with Crippen LogP contribution >= 0.6 is 0 Å². The quantitative estimate of drug-likeness (QED) is 0.135. The van der Waals surface area contributed by atoms with E-state index in [0.29, 0.717) is 22.9 Å². The Kier molecular flexibility index (Phi) is 13.4. The number of carbonyl (C=O) groups is 4. The summed E-state index contributed by atoms with van der Waals surface area (Å²) in [5.74, 6) is -2.47. The molecule has 0 fully saturated rings. The number of carbonyl (C=O) groups excluding carboxylic acids is 2. The van der Waals surface area contributed by atoms with E-state index in [-0.39, 0.29) is 88.3 Å². The van der Waals surface area contributed by atoms with Gasteiger partial charge >= 0.3 is 11.9 Å². The second-order valence-corrected chi connectivity index (χ2v) is 11.2. The van der Waals surface area contributed by atoms with Gasteiger partial charge in [0.2, 0.25) is 0 Å². The number of carboxylic acids is 2. The lowest BCUT2D eigenvalue weighted by Crippen LogP contribution is -2.42. The van der Waals surface area contributed by atoms with Crippen LogP contribution in [0.5, 0.6) is 23.0 Å². The molecule has 1 aliphatic rings. The smallest absolute Gasteiger partial charge is 0.326 e. The molecule has 52 heavy (non-hydrogen) atoms. The van der Waals surface area contributed by atoms with E-state index in [2.05, 4.69) is 30.6 Å². The number of hydrogen-bond donors (Lipinski definition) is 6. The lowest BCUT2D eigenvalue weighted by Gasteiger charge is -2.18. The molecular formula is C34H38N6O12. The third-order valence-electron chi connectivity index (χ3n) is 7.52. The Morgan fingerprint density at radius 1 is 0.596 bits per heavy atom. The van der Waals surface area contributed by atoms with Crippen LogP contribution < -0.4 is 29.6 Å². The monoisotopic (exact) mass is 722 g/mol. The van der Waals surface area contributed by atoms with E-state index in [1.54, 1.807) is 12.1 Å². The van der Waals surface area contributed by atoms with E-state index in [0.717, 1.165) is 0 Å². The normalized spacial score (nSPS) is 15.2. The number of fused-ring (bicyclic) bond motifs is 2. The highest BCUT2D eigenvalue weighted by molar-refractivity contribution is 5.98. The Labute approximate surface area is 296 Å². The van der Waals surface area contributed by atoms with Crippen LogP contribution in [-0.2, 0) is 31.9 Å². The molecule has 276 valence electrons. The van der Waals surface area contributed by atoms with Crippen molar-refractivity contribution in [3.8, 4) is 23.0 Å². The topological polar surface area (TPSA) is 246 Å². The number of aliphatic carboxylic acids is 2. The molecule has 2 atom stereocenters. The minimum Gasteiger partial charge on any atom is -0.487 e. The van der Waals surface area contributed by atoms with Gasteiger partial charge in [-0.3, -0.25) is 9.59 Å². The number of rotatable bonds is 10. The Hall–Kier alpha value is -6.14. The van der Waals surface area contributed by atoms with Gasteiger partial charge in [0.15, 0.2) is 23.0 Å². The molecule has 0 radical (unpaired) electrons. The average molecular weight is 723 g/mol. The first-order chi connectivity index (χ1) is 25.3. The molecule has 5 rings (SSSR count). The fourth-order valence-corrected chi connectivity index (χ4v) is 4.92. The largest absolute Gasteiger partial charge is 0.487 e. The second-order valence-electron chi connectivity index (χ2n) is 11.2. The Morgan fingerprint density at radius 3 is 1.33 bits per heavy atom. The highest BCUT2D eigenvalue weighted by Crippen LogP contribution is 2.30. The van der Waals surface area contributed by atoms with Gasteiger partial charge in [-0.05, 0) is 36.4 Å². The number of benzene rings is 2. The fraction of sp³-hybridized carbons (Fsp3) is 0.353. The first-order valence-electron chi connectivity index (χ1n) is 16.2. The number of nitrogens with one attached hydrogen (secondary N) is 4. The second kappa shape index (κ2) is 18.7. The number of H-pyrrole nitrogens is 2. The van der Waals surface area contributed by atoms with Gasteiger partial charge in [0.05, 0.1) is 39.1 Å². The lowest BCUT2D eigenvalue weighted by atomic mass is 10.1. The van der Waals surface area contributed by atoms with Crippen molar-refractivity contribution >= 4 is 23.8 Å². The molecule has 3 heterocycles. The summed E-state index contributed by atoms with van der Waals surface area (Å²) < 4.78 is 34.8. The zero-order valence-electron chi connectivity index (χ0n) is 27.9. The Bertz CT molecular complexity index is 1660. The van der Waals surface area contributed by atoms with Gasteiger partial charge in [-0.2, -0.15) is 0 Å². The Morgan fingerprint density at radius 2 is 0.981 bits per heavy atom.